The number of allylic oxidation sites excluding steroid dienone is 2. The third-order valence-electron chi connectivity index (χ3n) is 2.16. The van der Waals surface area contributed by atoms with Crippen molar-refractivity contribution < 1.29 is 9.59 Å². The van der Waals surface area contributed by atoms with Crippen LogP contribution in [0.2, 0.25) is 0 Å². The molecule has 0 aliphatic carbocycles. The van der Waals surface area contributed by atoms with E-state index in [0.717, 1.165) is 21.2 Å². The standard InChI is InChI=1S/C12H14N2O2S2/c1-9(13-7-15)10(2)17-18-12-6-4-3-5-11(12)14-8-16/h3-8H,1-2H3,(H,13,15)(H,14,16). The Morgan fingerprint density at radius 1 is 1.17 bits per heavy atom. The maximum atomic E-state index is 10.5. The number of carbonyl (C=O) groups excluding carboxylic acids is 2. The van der Waals surface area contributed by atoms with Crippen LogP contribution in [0.15, 0.2) is 39.8 Å². The van der Waals surface area contributed by atoms with Gasteiger partial charge in [-0.15, -0.1) is 0 Å². The zero-order valence-corrected chi connectivity index (χ0v) is 11.7. The van der Waals surface area contributed by atoms with Gasteiger partial charge in [-0.1, -0.05) is 33.7 Å². The zero-order valence-electron chi connectivity index (χ0n) is 10.1. The van der Waals surface area contributed by atoms with Gasteiger partial charge in [0.1, 0.15) is 0 Å². The summed E-state index contributed by atoms with van der Waals surface area (Å²) in [5.41, 5.74) is 1.60. The number of anilines is 1. The number of carbonyl (C=O) groups is 2. The largest absolute Gasteiger partial charge is 0.332 e. The lowest BCUT2D eigenvalue weighted by molar-refractivity contribution is -0.109. The Morgan fingerprint density at radius 2 is 1.89 bits per heavy atom. The predicted octanol–water partition coefficient (Wildman–Crippen LogP) is 2.99. The van der Waals surface area contributed by atoms with Gasteiger partial charge in [0.2, 0.25) is 12.8 Å². The molecule has 0 saturated carbocycles. The first-order valence-electron chi connectivity index (χ1n) is 5.20. The molecule has 0 radical (unpaired) electrons. The van der Waals surface area contributed by atoms with Gasteiger partial charge in [-0.05, 0) is 26.0 Å². The van der Waals surface area contributed by atoms with Gasteiger partial charge in [-0.3, -0.25) is 9.59 Å². The Hall–Kier alpha value is -1.40. The SMILES string of the molecule is CC(NC=O)=C(C)SSc1ccccc1NC=O. The maximum Gasteiger partial charge on any atom is 0.211 e. The molecule has 0 unspecified atom stereocenters. The third kappa shape index (κ3) is 4.46. The smallest absolute Gasteiger partial charge is 0.211 e. The van der Waals surface area contributed by atoms with E-state index in [1.54, 1.807) is 0 Å². The van der Waals surface area contributed by atoms with E-state index < -0.39 is 0 Å². The van der Waals surface area contributed by atoms with Crippen LogP contribution < -0.4 is 10.6 Å². The molecule has 0 fully saturated rings. The molecule has 2 amide bonds. The highest BCUT2D eigenvalue weighted by atomic mass is 33.1. The maximum absolute atomic E-state index is 10.5. The molecule has 0 aliphatic heterocycles. The average molecular weight is 282 g/mol. The summed E-state index contributed by atoms with van der Waals surface area (Å²) in [5, 5.41) is 5.27. The Morgan fingerprint density at radius 3 is 2.56 bits per heavy atom. The Kier molecular flexibility index (Phi) is 6.38. The van der Waals surface area contributed by atoms with E-state index in [1.165, 1.54) is 21.6 Å². The fourth-order valence-electron chi connectivity index (χ4n) is 1.08. The highest BCUT2D eigenvalue weighted by Crippen LogP contribution is 2.40. The minimum atomic E-state index is 0.659. The van der Waals surface area contributed by atoms with E-state index in [-0.39, 0.29) is 0 Å². The summed E-state index contributed by atoms with van der Waals surface area (Å²) in [6, 6.07) is 7.54. The fourth-order valence-corrected chi connectivity index (χ4v) is 3.29. The number of benzene rings is 1. The summed E-state index contributed by atoms with van der Waals surface area (Å²) in [7, 11) is 3.07. The molecular weight excluding hydrogens is 268 g/mol. The second-order valence-electron chi connectivity index (χ2n) is 3.37. The van der Waals surface area contributed by atoms with Gasteiger partial charge in [0.05, 0.1) is 5.69 Å². The van der Waals surface area contributed by atoms with Gasteiger partial charge in [-0.25, -0.2) is 0 Å². The fraction of sp³-hybridized carbons (Fsp3) is 0.167. The molecule has 1 aromatic carbocycles. The van der Waals surface area contributed by atoms with Crippen LogP contribution in [0.1, 0.15) is 13.8 Å². The monoisotopic (exact) mass is 282 g/mol. The molecule has 1 aromatic rings. The first-order chi connectivity index (χ1) is 8.69. The molecule has 2 N–H and O–H groups in total. The van der Waals surface area contributed by atoms with Crippen LogP contribution in [0.4, 0.5) is 5.69 Å². The molecule has 0 spiro atoms. The highest BCUT2D eigenvalue weighted by Gasteiger charge is 2.04. The number of rotatable bonds is 7. The van der Waals surface area contributed by atoms with Crippen molar-refractivity contribution in [3.8, 4) is 0 Å². The molecule has 0 bridgehead atoms. The molecular formula is C12H14N2O2S2. The van der Waals surface area contributed by atoms with Crippen LogP contribution in [0.5, 0.6) is 0 Å². The molecule has 0 saturated heterocycles. The first-order valence-corrected chi connectivity index (χ1v) is 7.35. The topological polar surface area (TPSA) is 58.2 Å². The summed E-state index contributed by atoms with van der Waals surface area (Å²) < 4.78 is 0. The second kappa shape index (κ2) is 7.84. The number of amides is 2. The summed E-state index contributed by atoms with van der Waals surface area (Å²) >= 11 is 0. The average Bonchev–Trinajstić information content (AvgIpc) is 2.38. The van der Waals surface area contributed by atoms with Crippen molar-refractivity contribution in [2.45, 2.75) is 18.7 Å². The number of para-hydroxylation sites is 1. The van der Waals surface area contributed by atoms with Crippen molar-refractivity contribution >= 4 is 40.1 Å². The van der Waals surface area contributed by atoms with Crippen molar-refractivity contribution in [2.75, 3.05) is 5.32 Å². The number of hydrogen-bond acceptors (Lipinski definition) is 4. The Balaban J connectivity index is 2.71. The molecule has 0 aromatic heterocycles. The van der Waals surface area contributed by atoms with Gasteiger partial charge in [0.25, 0.3) is 0 Å². The van der Waals surface area contributed by atoms with Crippen LogP contribution in [0, 0.1) is 0 Å². The summed E-state index contributed by atoms with van der Waals surface area (Å²) in [6.45, 7) is 3.77. The van der Waals surface area contributed by atoms with E-state index in [2.05, 4.69) is 10.6 Å². The normalized spacial score (nSPS) is 11.4. The molecule has 1 rings (SSSR count). The van der Waals surface area contributed by atoms with E-state index in [4.69, 9.17) is 0 Å². The van der Waals surface area contributed by atoms with E-state index in [0.29, 0.717) is 12.8 Å². The minimum Gasteiger partial charge on any atom is -0.332 e. The lowest BCUT2D eigenvalue weighted by Crippen LogP contribution is -2.07. The van der Waals surface area contributed by atoms with Crippen molar-refractivity contribution in [2.24, 2.45) is 0 Å². The number of nitrogens with one attached hydrogen (secondary N) is 2. The van der Waals surface area contributed by atoms with Crippen LogP contribution in [-0.2, 0) is 9.59 Å². The molecule has 0 atom stereocenters. The minimum absolute atomic E-state index is 0.659. The van der Waals surface area contributed by atoms with Gasteiger partial charge in [0, 0.05) is 15.5 Å². The molecule has 6 heteroatoms. The van der Waals surface area contributed by atoms with Gasteiger partial charge in [-0.2, -0.15) is 0 Å². The van der Waals surface area contributed by atoms with E-state index in [9.17, 15) is 9.59 Å². The summed E-state index contributed by atoms with van der Waals surface area (Å²) in [5.74, 6) is 0. The second-order valence-corrected chi connectivity index (χ2v) is 5.75. The summed E-state index contributed by atoms with van der Waals surface area (Å²) in [6.07, 6.45) is 1.32. The molecule has 18 heavy (non-hydrogen) atoms. The van der Waals surface area contributed by atoms with Crippen molar-refractivity contribution in [1.82, 2.24) is 5.32 Å². The van der Waals surface area contributed by atoms with Crippen molar-refractivity contribution in [3.63, 3.8) is 0 Å². The Bertz CT molecular complexity index is 461. The van der Waals surface area contributed by atoms with Crippen molar-refractivity contribution in [1.29, 1.82) is 0 Å². The van der Waals surface area contributed by atoms with Gasteiger partial charge < -0.3 is 10.6 Å². The van der Waals surface area contributed by atoms with Gasteiger partial charge >= 0.3 is 0 Å². The number of hydrogen-bond donors (Lipinski definition) is 2. The predicted molar refractivity (Wildman–Crippen MR) is 77.2 cm³/mol. The van der Waals surface area contributed by atoms with Crippen LogP contribution in [0.3, 0.4) is 0 Å². The molecule has 0 heterocycles. The van der Waals surface area contributed by atoms with E-state index in [1.807, 2.05) is 38.1 Å². The van der Waals surface area contributed by atoms with Crippen molar-refractivity contribution in [3.05, 3.63) is 34.9 Å². The van der Waals surface area contributed by atoms with Gasteiger partial charge in [0.15, 0.2) is 0 Å². The molecule has 4 nitrogen and oxygen atoms in total. The van der Waals surface area contributed by atoms with E-state index >= 15 is 0 Å². The Labute approximate surface area is 114 Å². The first kappa shape index (κ1) is 14.7. The third-order valence-corrected chi connectivity index (χ3v) is 4.88. The highest BCUT2D eigenvalue weighted by molar-refractivity contribution is 8.78. The lowest BCUT2D eigenvalue weighted by Gasteiger charge is -2.08. The molecule has 0 aliphatic rings. The zero-order chi connectivity index (χ0) is 13.4. The van der Waals surface area contributed by atoms with Crippen LogP contribution in [0.25, 0.3) is 0 Å². The molecule has 96 valence electrons. The van der Waals surface area contributed by atoms with Crippen LogP contribution in [-0.4, -0.2) is 12.8 Å². The summed E-state index contributed by atoms with van der Waals surface area (Å²) in [4.78, 5) is 22.8. The lowest BCUT2D eigenvalue weighted by atomic mass is 10.3. The van der Waals surface area contributed by atoms with Crippen LogP contribution >= 0.6 is 21.6 Å². The quantitative estimate of drug-likeness (QED) is 0.596.